The number of fused-ring (bicyclic) bond motifs is 1. The molecule has 0 spiro atoms. The van der Waals surface area contributed by atoms with Gasteiger partial charge in [0.2, 0.25) is 0 Å². The lowest BCUT2D eigenvalue weighted by atomic mass is 10.1. The largest absolute Gasteiger partial charge is 0.392 e. The number of aliphatic hydroxyl groups excluding tert-OH is 1. The zero-order valence-electron chi connectivity index (χ0n) is 14.8. The third kappa shape index (κ3) is 3.86. The van der Waals surface area contributed by atoms with Gasteiger partial charge in [-0.05, 0) is 55.0 Å². The van der Waals surface area contributed by atoms with Gasteiger partial charge in [-0.1, -0.05) is 35.5 Å². The van der Waals surface area contributed by atoms with Crippen LogP contribution < -0.4 is 0 Å². The molecule has 0 aliphatic carbocycles. The van der Waals surface area contributed by atoms with Crippen LogP contribution in [0.25, 0.3) is 22.3 Å². The SMILES string of the molecule is CCn1cc(Sc2ccc(Cl)cc2)c(-c2ccc3cc(CO)ccc3n2)n1. The van der Waals surface area contributed by atoms with E-state index in [-0.39, 0.29) is 6.61 Å². The van der Waals surface area contributed by atoms with E-state index in [1.165, 1.54) is 0 Å². The molecule has 2 aromatic heterocycles. The van der Waals surface area contributed by atoms with Crippen LogP contribution in [0.15, 0.2) is 70.6 Å². The second-order valence-corrected chi connectivity index (χ2v) is 7.69. The molecule has 0 unspecified atom stereocenters. The molecule has 6 heteroatoms. The van der Waals surface area contributed by atoms with E-state index in [1.54, 1.807) is 11.8 Å². The molecular weight excluding hydrogens is 378 g/mol. The number of benzene rings is 2. The second-order valence-electron chi connectivity index (χ2n) is 6.14. The summed E-state index contributed by atoms with van der Waals surface area (Å²) < 4.78 is 1.92. The molecule has 0 atom stereocenters. The summed E-state index contributed by atoms with van der Waals surface area (Å²) >= 11 is 7.64. The van der Waals surface area contributed by atoms with Gasteiger partial charge in [-0.25, -0.2) is 4.98 Å². The quantitative estimate of drug-likeness (QED) is 0.490. The van der Waals surface area contributed by atoms with Crippen LogP contribution in [0.4, 0.5) is 0 Å². The molecule has 1 N–H and O–H groups in total. The summed E-state index contributed by atoms with van der Waals surface area (Å²) in [4.78, 5) is 6.95. The fourth-order valence-electron chi connectivity index (χ4n) is 2.85. The smallest absolute Gasteiger partial charge is 0.125 e. The molecule has 0 aliphatic heterocycles. The van der Waals surface area contributed by atoms with Crippen molar-refractivity contribution in [1.29, 1.82) is 0 Å². The lowest BCUT2D eigenvalue weighted by Crippen LogP contribution is -1.95. The number of hydrogen-bond acceptors (Lipinski definition) is 4. The number of aromatic nitrogens is 3. The summed E-state index contributed by atoms with van der Waals surface area (Å²) in [6, 6.07) is 17.6. The molecule has 0 aliphatic rings. The van der Waals surface area contributed by atoms with E-state index in [0.717, 1.165) is 49.2 Å². The van der Waals surface area contributed by atoms with Crippen molar-refractivity contribution >= 4 is 34.3 Å². The summed E-state index contributed by atoms with van der Waals surface area (Å²) in [7, 11) is 0. The van der Waals surface area contributed by atoms with Crippen molar-refractivity contribution < 1.29 is 5.11 Å². The van der Waals surface area contributed by atoms with Gasteiger partial charge >= 0.3 is 0 Å². The van der Waals surface area contributed by atoms with Gasteiger partial charge in [0.15, 0.2) is 0 Å². The molecule has 0 fully saturated rings. The average molecular weight is 396 g/mol. The summed E-state index contributed by atoms with van der Waals surface area (Å²) in [6.07, 6.45) is 2.05. The van der Waals surface area contributed by atoms with Crippen LogP contribution in [-0.2, 0) is 13.2 Å². The maximum absolute atomic E-state index is 9.31. The van der Waals surface area contributed by atoms with Gasteiger partial charge in [0.25, 0.3) is 0 Å². The summed E-state index contributed by atoms with van der Waals surface area (Å²) in [5, 5.41) is 15.8. The van der Waals surface area contributed by atoms with E-state index in [4.69, 9.17) is 21.7 Å². The van der Waals surface area contributed by atoms with Crippen LogP contribution in [0.5, 0.6) is 0 Å². The van der Waals surface area contributed by atoms with Crippen molar-refractivity contribution in [2.24, 2.45) is 0 Å². The number of pyridine rings is 1. The highest BCUT2D eigenvalue weighted by molar-refractivity contribution is 7.99. The minimum atomic E-state index is 0.0283. The molecule has 4 nitrogen and oxygen atoms in total. The van der Waals surface area contributed by atoms with Crippen molar-refractivity contribution in [3.05, 3.63) is 71.4 Å². The molecule has 0 radical (unpaired) electrons. The van der Waals surface area contributed by atoms with Gasteiger partial charge in [0.05, 0.1) is 22.7 Å². The third-order valence-electron chi connectivity index (χ3n) is 4.27. The van der Waals surface area contributed by atoms with Crippen LogP contribution in [0.1, 0.15) is 12.5 Å². The first kappa shape index (κ1) is 18.0. The number of halogens is 1. The predicted octanol–water partition coefficient (Wildman–Crippen LogP) is 5.42. The van der Waals surface area contributed by atoms with Crippen LogP contribution in [-0.4, -0.2) is 19.9 Å². The number of rotatable bonds is 5. The van der Waals surface area contributed by atoms with Gasteiger partial charge in [-0.3, -0.25) is 4.68 Å². The average Bonchev–Trinajstić information content (AvgIpc) is 3.12. The van der Waals surface area contributed by atoms with E-state index >= 15 is 0 Å². The lowest BCUT2D eigenvalue weighted by molar-refractivity contribution is 0.282. The molecule has 0 saturated carbocycles. The van der Waals surface area contributed by atoms with E-state index in [9.17, 15) is 5.11 Å². The predicted molar refractivity (Wildman–Crippen MR) is 110 cm³/mol. The minimum Gasteiger partial charge on any atom is -0.392 e. The Bertz CT molecular complexity index is 1090. The number of nitrogens with zero attached hydrogens (tertiary/aromatic N) is 3. The number of aryl methyl sites for hydroxylation is 1. The molecule has 27 heavy (non-hydrogen) atoms. The fraction of sp³-hybridized carbons (Fsp3) is 0.143. The molecule has 0 bridgehead atoms. The number of aliphatic hydroxyl groups is 1. The van der Waals surface area contributed by atoms with Crippen LogP contribution >= 0.6 is 23.4 Å². The standard InChI is InChI=1S/C21H18ClN3OS/c1-2-25-12-20(27-17-7-5-16(22)6-8-17)21(24-25)19-10-4-15-11-14(13-26)3-9-18(15)23-19/h3-12,26H,2,13H2,1H3. The van der Waals surface area contributed by atoms with Crippen molar-refractivity contribution in [2.75, 3.05) is 0 Å². The molecule has 4 rings (SSSR count). The van der Waals surface area contributed by atoms with Gasteiger partial charge in [-0.2, -0.15) is 5.10 Å². The fourth-order valence-corrected chi connectivity index (χ4v) is 3.92. The Morgan fingerprint density at radius 1 is 1.07 bits per heavy atom. The molecule has 136 valence electrons. The summed E-state index contributed by atoms with van der Waals surface area (Å²) in [5.41, 5.74) is 3.47. The second kappa shape index (κ2) is 7.72. The van der Waals surface area contributed by atoms with Crippen molar-refractivity contribution in [2.45, 2.75) is 29.9 Å². The van der Waals surface area contributed by atoms with Crippen LogP contribution in [0, 0.1) is 0 Å². The van der Waals surface area contributed by atoms with E-state index in [0.29, 0.717) is 0 Å². The molecule has 0 amide bonds. The number of hydrogen-bond donors (Lipinski definition) is 1. The van der Waals surface area contributed by atoms with Gasteiger partial charge in [0.1, 0.15) is 5.69 Å². The first-order valence-electron chi connectivity index (χ1n) is 8.68. The van der Waals surface area contributed by atoms with Crippen molar-refractivity contribution in [3.8, 4) is 11.4 Å². The Kier molecular flexibility index (Phi) is 5.16. The first-order chi connectivity index (χ1) is 13.2. The maximum Gasteiger partial charge on any atom is 0.125 e. The molecule has 2 aromatic carbocycles. The van der Waals surface area contributed by atoms with Gasteiger partial charge in [0, 0.05) is 28.0 Å². The zero-order valence-corrected chi connectivity index (χ0v) is 16.3. The maximum atomic E-state index is 9.31. The molecule has 2 heterocycles. The molecular formula is C21H18ClN3OS. The van der Waals surface area contributed by atoms with E-state index < -0.39 is 0 Å². The van der Waals surface area contributed by atoms with Crippen molar-refractivity contribution in [1.82, 2.24) is 14.8 Å². The Balaban J connectivity index is 1.75. The highest BCUT2D eigenvalue weighted by Crippen LogP contribution is 2.35. The summed E-state index contributed by atoms with van der Waals surface area (Å²) in [5.74, 6) is 0. The zero-order chi connectivity index (χ0) is 18.8. The lowest BCUT2D eigenvalue weighted by Gasteiger charge is -2.05. The van der Waals surface area contributed by atoms with Crippen molar-refractivity contribution in [3.63, 3.8) is 0 Å². The highest BCUT2D eigenvalue weighted by atomic mass is 35.5. The van der Waals surface area contributed by atoms with Gasteiger partial charge in [-0.15, -0.1) is 0 Å². The minimum absolute atomic E-state index is 0.0283. The molecule has 0 saturated heterocycles. The molecule has 4 aromatic rings. The summed E-state index contributed by atoms with van der Waals surface area (Å²) in [6.45, 7) is 2.89. The Hall–Kier alpha value is -2.34. The Morgan fingerprint density at radius 2 is 1.89 bits per heavy atom. The van der Waals surface area contributed by atoms with Gasteiger partial charge < -0.3 is 5.11 Å². The Labute approximate surface area is 166 Å². The normalized spacial score (nSPS) is 11.2. The van der Waals surface area contributed by atoms with Crippen LogP contribution in [0.3, 0.4) is 0 Å². The van der Waals surface area contributed by atoms with E-state index in [2.05, 4.69) is 13.1 Å². The Morgan fingerprint density at radius 3 is 2.63 bits per heavy atom. The van der Waals surface area contributed by atoms with Crippen LogP contribution in [0.2, 0.25) is 5.02 Å². The first-order valence-corrected chi connectivity index (χ1v) is 9.87. The monoisotopic (exact) mass is 395 g/mol. The highest BCUT2D eigenvalue weighted by Gasteiger charge is 2.14. The van der Waals surface area contributed by atoms with E-state index in [1.807, 2.05) is 59.3 Å². The topological polar surface area (TPSA) is 50.9 Å². The third-order valence-corrected chi connectivity index (χ3v) is 5.55.